The Morgan fingerprint density at radius 2 is 2.11 bits per heavy atom. The maximum absolute atomic E-state index is 14.4. The molecule has 3 saturated heterocycles. The summed E-state index contributed by atoms with van der Waals surface area (Å²) < 4.78 is 27.5. The molecule has 8 heteroatoms. The van der Waals surface area contributed by atoms with Crippen LogP contribution in [0.1, 0.15) is 73.4 Å². The Morgan fingerprint density at radius 1 is 1.16 bits per heavy atom. The standard InChI is InChI=1S/C30H34ClFN4O2/c31-23-7-3-6-22-21(23)8-10-29(22)14-24-26-25(15-29)37-17-20-5-1-2-12-36(20)27(26)34-28(33-24)38-18-30-9-4-11-35(30)16-19(32)13-30/h3,6-8,10,19-20,25H,1-2,4-5,9,11-18H2/t19-,20+,25?,29?,30+/m1/s1. The van der Waals surface area contributed by atoms with Gasteiger partial charge >= 0.3 is 6.01 Å². The fourth-order valence-corrected chi connectivity index (χ4v) is 8.55. The number of piperidine rings is 1. The lowest BCUT2D eigenvalue weighted by molar-refractivity contribution is 0.0221. The Balaban J connectivity index is 1.20. The molecule has 1 spiro atoms. The van der Waals surface area contributed by atoms with Crippen molar-refractivity contribution in [3.8, 4) is 6.01 Å². The molecule has 1 aromatic carbocycles. The molecule has 0 bridgehead atoms. The van der Waals surface area contributed by atoms with Crippen molar-refractivity contribution in [2.24, 2.45) is 0 Å². The predicted molar refractivity (Wildman–Crippen MR) is 145 cm³/mol. The van der Waals surface area contributed by atoms with Gasteiger partial charge < -0.3 is 14.4 Å². The molecule has 1 aromatic heterocycles. The minimum absolute atomic E-state index is 0.0750. The van der Waals surface area contributed by atoms with Crippen LogP contribution in [-0.4, -0.2) is 65.5 Å². The lowest BCUT2D eigenvalue weighted by Gasteiger charge is -2.39. The van der Waals surface area contributed by atoms with Crippen LogP contribution in [-0.2, 0) is 16.6 Å². The molecule has 0 radical (unpaired) electrons. The molecule has 5 heterocycles. The van der Waals surface area contributed by atoms with E-state index in [0.29, 0.717) is 38.2 Å². The van der Waals surface area contributed by atoms with Crippen LogP contribution in [0.3, 0.4) is 0 Å². The van der Waals surface area contributed by atoms with Crippen molar-refractivity contribution in [1.29, 1.82) is 0 Å². The number of rotatable bonds is 3. The zero-order valence-corrected chi connectivity index (χ0v) is 22.4. The van der Waals surface area contributed by atoms with Gasteiger partial charge in [-0.25, -0.2) is 4.39 Å². The monoisotopic (exact) mass is 536 g/mol. The third kappa shape index (κ3) is 3.50. The smallest absolute Gasteiger partial charge is 0.318 e. The van der Waals surface area contributed by atoms with Crippen molar-refractivity contribution in [3.63, 3.8) is 0 Å². The van der Waals surface area contributed by atoms with Gasteiger partial charge in [-0.3, -0.25) is 4.90 Å². The molecule has 0 saturated carbocycles. The van der Waals surface area contributed by atoms with E-state index in [1.807, 2.05) is 12.1 Å². The van der Waals surface area contributed by atoms with Crippen LogP contribution in [0.25, 0.3) is 6.08 Å². The van der Waals surface area contributed by atoms with Crippen molar-refractivity contribution >= 4 is 23.5 Å². The molecule has 5 atom stereocenters. The Hall–Kier alpha value is -2.22. The van der Waals surface area contributed by atoms with Crippen molar-refractivity contribution in [2.45, 2.75) is 80.6 Å². The summed E-state index contributed by atoms with van der Waals surface area (Å²) in [4.78, 5) is 14.9. The Bertz CT molecular complexity index is 1320. The largest absolute Gasteiger partial charge is 0.461 e. The first-order chi connectivity index (χ1) is 18.5. The van der Waals surface area contributed by atoms with Crippen LogP contribution >= 0.6 is 11.6 Å². The number of allylic oxidation sites excluding steroid dienone is 1. The summed E-state index contributed by atoms with van der Waals surface area (Å²) in [5.74, 6) is 0.996. The highest BCUT2D eigenvalue weighted by Gasteiger charge is 2.50. The molecule has 4 aliphatic heterocycles. The molecular formula is C30H34ClFN4O2. The first-order valence-electron chi connectivity index (χ1n) is 14.3. The van der Waals surface area contributed by atoms with E-state index in [0.717, 1.165) is 79.3 Å². The van der Waals surface area contributed by atoms with E-state index in [9.17, 15) is 4.39 Å². The van der Waals surface area contributed by atoms with Gasteiger partial charge in [-0.2, -0.15) is 9.97 Å². The van der Waals surface area contributed by atoms with Gasteiger partial charge in [0.1, 0.15) is 18.6 Å². The highest BCUT2D eigenvalue weighted by atomic mass is 35.5. The maximum Gasteiger partial charge on any atom is 0.318 e. The van der Waals surface area contributed by atoms with Crippen molar-refractivity contribution in [1.82, 2.24) is 14.9 Å². The topological polar surface area (TPSA) is 50.7 Å². The third-order valence-corrected chi connectivity index (χ3v) is 10.4. The average molecular weight is 537 g/mol. The number of aromatic nitrogens is 2. The van der Waals surface area contributed by atoms with E-state index >= 15 is 0 Å². The normalized spacial score (nSPS) is 35.1. The van der Waals surface area contributed by atoms with E-state index in [4.69, 9.17) is 31.0 Å². The van der Waals surface area contributed by atoms with Crippen LogP contribution < -0.4 is 9.64 Å². The third-order valence-electron chi connectivity index (χ3n) is 10.1. The number of alkyl halides is 1. The second-order valence-electron chi connectivity index (χ2n) is 12.3. The van der Waals surface area contributed by atoms with E-state index in [-0.39, 0.29) is 17.1 Å². The van der Waals surface area contributed by atoms with Crippen LogP contribution in [0.15, 0.2) is 24.3 Å². The van der Waals surface area contributed by atoms with Crippen LogP contribution in [0.4, 0.5) is 10.2 Å². The van der Waals surface area contributed by atoms with Crippen molar-refractivity contribution < 1.29 is 13.9 Å². The van der Waals surface area contributed by atoms with Gasteiger partial charge in [-0.15, -0.1) is 0 Å². The lowest BCUT2D eigenvalue weighted by Crippen LogP contribution is -2.44. The fourth-order valence-electron chi connectivity index (χ4n) is 8.31. The van der Waals surface area contributed by atoms with Gasteiger partial charge in [-0.05, 0) is 62.3 Å². The Morgan fingerprint density at radius 3 is 3.05 bits per heavy atom. The number of hydrogen-bond acceptors (Lipinski definition) is 6. The fraction of sp³-hybridized carbons (Fsp3) is 0.600. The number of halogens is 2. The zero-order chi connectivity index (χ0) is 25.5. The van der Waals surface area contributed by atoms with Crippen molar-refractivity contribution in [2.75, 3.05) is 37.7 Å². The molecule has 0 amide bonds. The van der Waals surface area contributed by atoms with Crippen molar-refractivity contribution in [3.05, 3.63) is 51.7 Å². The molecule has 2 aliphatic carbocycles. The Kier molecular flexibility index (Phi) is 5.38. The molecule has 38 heavy (non-hydrogen) atoms. The van der Waals surface area contributed by atoms with E-state index in [1.165, 1.54) is 12.0 Å². The first kappa shape index (κ1) is 23.6. The van der Waals surface area contributed by atoms with Gasteiger partial charge in [-0.1, -0.05) is 35.9 Å². The molecule has 2 unspecified atom stereocenters. The summed E-state index contributed by atoms with van der Waals surface area (Å²) in [5, 5.41) is 0.788. The van der Waals surface area contributed by atoms with Crippen LogP contribution in [0.2, 0.25) is 5.02 Å². The van der Waals surface area contributed by atoms with Gasteiger partial charge in [0.25, 0.3) is 0 Å². The number of fused-ring (bicyclic) bond motifs is 5. The summed E-state index contributed by atoms with van der Waals surface area (Å²) in [6, 6.07) is 6.96. The number of nitrogens with zero attached hydrogens (tertiary/aromatic N) is 4. The highest BCUT2D eigenvalue weighted by molar-refractivity contribution is 6.32. The molecule has 0 N–H and O–H groups in total. The maximum atomic E-state index is 14.4. The van der Waals surface area contributed by atoms with E-state index in [2.05, 4.69) is 28.0 Å². The minimum atomic E-state index is -0.777. The van der Waals surface area contributed by atoms with Gasteiger partial charge in [0, 0.05) is 41.9 Å². The summed E-state index contributed by atoms with van der Waals surface area (Å²) in [6.45, 7) is 3.60. The molecular weight excluding hydrogens is 503 g/mol. The second-order valence-corrected chi connectivity index (χ2v) is 12.7. The highest BCUT2D eigenvalue weighted by Crippen LogP contribution is 2.53. The Labute approximate surface area is 228 Å². The average Bonchev–Trinajstić information content (AvgIpc) is 3.53. The summed E-state index contributed by atoms with van der Waals surface area (Å²) in [7, 11) is 0. The zero-order valence-electron chi connectivity index (χ0n) is 21.7. The summed E-state index contributed by atoms with van der Waals surface area (Å²) in [6.07, 6.45) is 11.3. The predicted octanol–water partition coefficient (Wildman–Crippen LogP) is 5.43. The molecule has 6 aliphatic rings. The minimum Gasteiger partial charge on any atom is -0.461 e. The van der Waals surface area contributed by atoms with Gasteiger partial charge in [0.15, 0.2) is 0 Å². The van der Waals surface area contributed by atoms with Gasteiger partial charge in [0.05, 0.1) is 30.0 Å². The summed E-state index contributed by atoms with van der Waals surface area (Å²) >= 11 is 6.60. The quantitative estimate of drug-likeness (QED) is 0.521. The number of ether oxygens (including phenoxy) is 2. The number of anilines is 1. The number of hydrogen-bond donors (Lipinski definition) is 0. The molecule has 200 valence electrons. The molecule has 6 nitrogen and oxygen atoms in total. The molecule has 3 fully saturated rings. The van der Waals surface area contributed by atoms with Crippen LogP contribution in [0, 0.1) is 0 Å². The lowest BCUT2D eigenvalue weighted by atomic mass is 9.69. The SMILES string of the molecule is F[C@H]1CN2CCC[C@@]2(COc2nc3c4c(n2)N2CCCC[C@H]2COC4CC2(C=Cc4c(Cl)cccc42)C3)C1. The number of benzene rings is 1. The first-order valence-corrected chi connectivity index (χ1v) is 14.7. The summed E-state index contributed by atoms with van der Waals surface area (Å²) in [5.41, 5.74) is 4.08. The molecule has 2 aromatic rings. The van der Waals surface area contributed by atoms with Gasteiger partial charge in [0.2, 0.25) is 0 Å². The van der Waals surface area contributed by atoms with E-state index in [1.54, 1.807) is 0 Å². The second kappa shape index (κ2) is 8.64. The molecule has 8 rings (SSSR count). The van der Waals surface area contributed by atoms with Crippen LogP contribution in [0.5, 0.6) is 6.01 Å². The van der Waals surface area contributed by atoms with E-state index < -0.39 is 6.17 Å².